The summed E-state index contributed by atoms with van der Waals surface area (Å²) in [5, 5.41) is 2.73. The van der Waals surface area contributed by atoms with Gasteiger partial charge in [-0.25, -0.2) is 0 Å². The van der Waals surface area contributed by atoms with Crippen LogP contribution in [0.3, 0.4) is 0 Å². The van der Waals surface area contributed by atoms with Crippen LogP contribution in [-0.4, -0.2) is 10.9 Å². The number of aryl methyl sites for hydroxylation is 1. The predicted molar refractivity (Wildman–Crippen MR) is 111 cm³/mol. The van der Waals surface area contributed by atoms with E-state index in [0.717, 1.165) is 24.1 Å². The van der Waals surface area contributed by atoms with Crippen LogP contribution in [0.5, 0.6) is 0 Å². The van der Waals surface area contributed by atoms with Crippen LogP contribution in [0.1, 0.15) is 35.2 Å². The number of nitrogens with zero attached hydrogens (tertiary/aromatic N) is 1. The van der Waals surface area contributed by atoms with Gasteiger partial charge in [-0.1, -0.05) is 53.6 Å². The first-order valence-electron chi connectivity index (χ1n) is 9.59. The molecule has 2 aromatic rings. The molecule has 5 heteroatoms. The van der Waals surface area contributed by atoms with Gasteiger partial charge in [-0.05, 0) is 31.9 Å². The maximum absolute atomic E-state index is 12.5. The molecule has 29 heavy (non-hydrogen) atoms. The van der Waals surface area contributed by atoms with Gasteiger partial charge in [-0.3, -0.25) is 15.1 Å². The van der Waals surface area contributed by atoms with E-state index in [1.165, 1.54) is 17.4 Å². The topological polar surface area (TPSA) is 60.5 Å². The average molecular weight is 386 g/mol. The van der Waals surface area contributed by atoms with Crippen molar-refractivity contribution in [1.82, 2.24) is 10.3 Å². The Kier molecular flexibility index (Phi) is 5.56. The number of benzene rings is 1. The zero-order chi connectivity index (χ0) is 20.1. The molecule has 0 saturated heterocycles. The number of nitrogens with one attached hydrogen (secondary N) is 1. The van der Waals surface area contributed by atoms with E-state index in [1.54, 1.807) is 18.5 Å². The fourth-order valence-corrected chi connectivity index (χ4v) is 3.12. The lowest BCUT2D eigenvalue weighted by molar-refractivity contribution is 0.0922. The van der Waals surface area contributed by atoms with Gasteiger partial charge in [0.25, 0.3) is 5.91 Å². The third-order valence-electron chi connectivity index (χ3n) is 4.73. The van der Waals surface area contributed by atoms with E-state index in [9.17, 15) is 4.79 Å². The highest BCUT2D eigenvalue weighted by Crippen LogP contribution is 2.24. The standard InChI is InChI=1S/C24H22N2O3/c1-17-7-9-19(10-8-17)22-12-11-20(14-25-22)24(27)26-23-16-28-15-21(29-23)13-18-5-3-2-4-6-18/h2-3,5,7-12,14-16H,4,6,13H2,1H3,(H,26,27). The fourth-order valence-electron chi connectivity index (χ4n) is 3.12. The monoisotopic (exact) mass is 386 g/mol. The summed E-state index contributed by atoms with van der Waals surface area (Å²) in [6, 6.07) is 11.7. The molecule has 0 atom stereocenters. The molecule has 1 aliphatic heterocycles. The zero-order valence-corrected chi connectivity index (χ0v) is 16.2. The molecule has 0 fully saturated rings. The van der Waals surface area contributed by atoms with Crippen molar-refractivity contribution >= 4 is 5.91 Å². The van der Waals surface area contributed by atoms with Crippen LogP contribution < -0.4 is 5.32 Å². The van der Waals surface area contributed by atoms with E-state index < -0.39 is 0 Å². The van der Waals surface area contributed by atoms with Crippen LogP contribution in [-0.2, 0) is 9.47 Å². The largest absolute Gasteiger partial charge is 0.464 e. The lowest BCUT2D eigenvalue weighted by atomic mass is 10.0. The summed E-state index contributed by atoms with van der Waals surface area (Å²) >= 11 is 0. The summed E-state index contributed by atoms with van der Waals surface area (Å²) in [6.07, 6.45) is 13.5. The second-order valence-corrected chi connectivity index (χ2v) is 7.03. The van der Waals surface area contributed by atoms with E-state index in [0.29, 0.717) is 17.7 Å². The van der Waals surface area contributed by atoms with Crippen molar-refractivity contribution in [2.45, 2.75) is 26.2 Å². The van der Waals surface area contributed by atoms with Crippen LogP contribution in [0.4, 0.5) is 0 Å². The van der Waals surface area contributed by atoms with E-state index in [4.69, 9.17) is 9.47 Å². The number of hydrogen-bond donors (Lipinski definition) is 1. The summed E-state index contributed by atoms with van der Waals surface area (Å²) in [5.41, 5.74) is 4.73. The average Bonchev–Trinajstić information content (AvgIpc) is 2.75. The number of aromatic nitrogens is 1. The fraction of sp³-hybridized carbons (Fsp3) is 0.167. The van der Waals surface area contributed by atoms with Crippen LogP contribution in [0.25, 0.3) is 11.3 Å². The number of rotatable bonds is 5. The summed E-state index contributed by atoms with van der Waals surface area (Å²) in [6.45, 7) is 2.04. The van der Waals surface area contributed by atoms with Crippen molar-refractivity contribution in [3.63, 3.8) is 0 Å². The number of pyridine rings is 1. The van der Waals surface area contributed by atoms with Gasteiger partial charge in [0.15, 0.2) is 6.26 Å². The summed E-state index contributed by atoms with van der Waals surface area (Å²) in [7, 11) is 0. The number of amides is 1. The molecule has 1 aromatic heterocycles. The number of allylic oxidation sites excluding steroid dienone is 4. The molecule has 0 saturated carbocycles. The quantitative estimate of drug-likeness (QED) is 0.773. The van der Waals surface area contributed by atoms with Gasteiger partial charge >= 0.3 is 0 Å². The lowest BCUT2D eigenvalue weighted by Crippen LogP contribution is -2.25. The number of carbonyl (C=O) groups is 1. The molecule has 146 valence electrons. The van der Waals surface area contributed by atoms with Gasteiger partial charge in [0.2, 0.25) is 5.88 Å². The molecule has 1 amide bonds. The number of carbonyl (C=O) groups excluding carboxylic acids is 1. The van der Waals surface area contributed by atoms with Crippen LogP contribution >= 0.6 is 0 Å². The molecule has 2 aliphatic rings. The summed E-state index contributed by atoms with van der Waals surface area (Å²) in [5.74, 6) is 0.628. The second kappa shape index (κ2) is 8.61. The molecule has 0 unspecified atom stereocenters. The van der Waals surface area contributed by atoms with Crippen molar-refractivity contribution < 1.29 is 14.3 Å². The van der Waals surface area contributed by atoms with E-state index >= 15 is 0 Å². The van der Waals surface area contributed by atoms with Crippen LogP contribution in [0.15, 0.2) is 90.6 Å². The highest BCUT2D eigenvalue weighted by molar-refractivity contribution is 5.95. The van der Waals surface area contributed by atoms with Gasteiger partial charge in [-0.15, -0.1) is 0 Å². The van der Waals surface area contributed by atoms with Crippen molar-refractivity contribution in [3.8, 4) is 11.3 Å². The van der Waals surface area contributed by atoms with Crippen molar-refractivity contribution in [2.75, 3.05) is 0 Å². The Morgan fingerprint density at radius 2 is 2.00 bits per heavy atom. The first-order chi connectivity index (χ1) is 14.2. The lowest BCUT2D eigenvalue weighted by Gasteiger charge is -2.18. The molecule has 4 rings (SSSR count). The molecule has 5 nitrogen and oxygen atoms in total. The maximum atomic E-state index is 12.5. The van der Waals surface area contributed by atoms with Gasteiger partial charge in [0.1, 0.15) is 12.0 Å². The summed E-state index contributed by atoms with van der Waals surface area (Å²) in [4.78, 5) is 16.9. The molecule has 0 spiro atoms. The molecular weight excluding hydrogens is 364 g/mol. The highest BCUT2D eigenvalue weighted by atomic mass is 16.6. The SMILES string of the molecule is Cc1ccc(-c2ccc(C(=O)NC3=COC=C(CC4=CC=CCC4)O3)cn2)cc1. The molecule has 0 bridgehead atoms. The van der Waals surface area contributed by atoms with Gasteiger partial charge in [0.05, 0.1) is 11.3 Å². The molecule has 0 radical (unpaired) electrons. The molecular formula is C24H22N2O3. The van der Waals surface area contributed by atoms with Crippen molar-refractivity contribution in [3.05, 3.63) is 102 Å². The molecule has 1 N–H and O–H groups in total. The number of ether oxygens (including phenoxy) is 2. The molecule has 1 aromatic carbocycles. The third kappa shape index (κ3) is 4.82. The van der Waals surface area contributed by atoms with Gasteiger partial charge in [-0.2, -0.15) is 0 Å². The Hall–Kier alpha value is -3.60. The normalized spacial score (nSPS) is 15.4. The number of hydrogen-bond acceptors (Lipinski definition) is 4. The third-order valence-corrected chi connectivity index (χ3v) is 4.73. The van der Waals surface area contributed by atoms with Gasteiger partial charge < -0.3 is 9.47 Å². The smallest absolute Gasteiger partial charge is 0.259 e. The minimum Gasteiger partial charge on any atom is -0.464 e. The zero-order valence-electron chi connectivity index (χ0n) is 16.2. The minimum absolute atomic E-state index is 0.266. The Morgan fingerprint density at radius 3 is 2.72 bits per heavy atom. The Morgan fingerprint density at radius 1 is 1.14 bits per heavy atom. The van der Waals surface area contributed by atoms with E-state index in [-0.39, 0.29) is 11.8 Å². The van der Waals surface area contributed by atoms with Gasteiger partial charge in [0, 0.05) is 18.2 Å². The second-order valence-electron chi connectivity index (χ2n) is 7.03. The van der Waals surface area contributed by atoms with Crippen LogP contribution in [0.2, 0.25) is 0 Å². The summed E-state index contributed by atoms with van der Waals surface area (Å²) < 4.78 is 11.1. The Balaban J connectivity index is 1.36. The Labute approximate surface area is 170 Å². The van der Waals surface area contributed by atoms with Crippen molar-refractivity contribution in [1.29, 1.82) is 0 Å². The first-order valence-corrected chi connectivity index (χ1v) is 9.59. The molecule has 1 aliphatic carbocycles. The van der Waals surface area contributed by atoms with E-state index in [2.05, 4.69) is 28.5 Å². The minimum atomic E-state index is -0.302. The van der Waals surface area contributed by atoms with E-state index in [1.807, 2.05) is 37.3 Å². The molecule has 2 heterocycles. The maximum Gasteiger partial charge on any atom is 0.259 e. The highest BCUT2D eigenvalue weighted by Gasteiger charge is 2.16. The Bertz CT molecular complexity index is 1010. The van der Waals surface area contributed by atoms with Crippen molar-refractivity contribution in [2.24, 2.45) is 0 Å². The predicted octanol–water partition coefficient (Wildman–Crippen LogP) is 5.14. The van der Waals surface area contributed by atoms with Crippen LogP contribution in [0, 0.1) is 6.92 Å². The first kappa shape index (κ1) is 18.7.